The first-order valence-corrected chi connectivity index (χ1v) is 6.85. The number of likely N-dealkylation sites (tertiary alicyclic amines) is 1. The number of hydrogen-bond acceptors (Lipinski definition) is 4. The van der Waals surface area contributed by atoms with Gasteiger partial charge in [0.1, 0.15) is 5.75 Å². The van der Waals surface area contributed by atoms with Gasteiger partial charge in [-0.15, -0.1) is 0 Å². The van der Waals surface area contributed by atoms with Gasteiger partial charge in [-0.2, -0.15) is 0 Å². The van der Waals surface area contributed by atoms with Gasteiger partial charge in [-0.1, -0.05) is 12.1 Å². The van der Waals surface area contributed by atoms with Crippen LogP contribution in [0.1, 0.15) is 18.0 Å². The van der Waals surface area contributed by atoms with Crippen molar-refractivity contribution >= 4 is 0 Å². The van der Waals surface area contributed by atoms with Crippen molar-refractivity contribution < 1.29 is 9.47 Å². The Morgan fingerprint density at radius 1 is 1.32 bits per heavy atom. The second-order valence-corrected chi connectivity index (χ2v) is 5.13. The summed E-state index contributed by atoms with van der Waals surface area (Å²) in [6, 6.07) is 8.52. The fraction of sp³-hybridized carbons (Fsp3) is 0.600. The van der Waals surface area contributed by atoms with E-state index >= 15 is 0 Å². The van der Waals surface area contributed by atoms with Crippen LogP contribution in [-0.2, 0) is 4.74 Å². The molecule has 0 aliphatic carbocycles. The number of nitrogens with zero attached hydrogens (tertiary/aromatic N) is 1. The monoisotopic (exact) mass is 264 g/mol. The Morgan fingerprint density at radius 3 is 2.63 bits per heavy atom. The Labute approximate surface area is 115 Å². The highest BCUT2D eigenvalue weighted by Gasteiger charge is 2.28. The van der Waals surface area contributed by atoms with Gasteiger partial charge < -0.3 is 15.2 Å². The molecule has 1 fully saturated rings. The molecule has 0 saturated carbocycles. The first-order valence-electron chi connectivity index (χ1n) is 6.85. The minimum absolute atomic E-state index is 0.299. The van der Waals surface area contributed by atoms with E-state index < -0.39 is 0 Å². The van der Waals surface area contributed by atoms with Crippen molar-refractivity contribution in [3.63, 3.8) is 0 Å². The van der Waals surface area contributed by atoms with Gasteiger partial charge in [0.15, 0.2) is 0 Å². The van der Waals surface area contributed by atoms with Gasteiger partial charge in [0, 0.05) is 26.2 Å². The maximum Gasteiger partial charge on any atom is 0.118 e. The van der Waals surface area contributed by atoms with Crippen LogP contribution in [0.4, 0.5) is 0 Å². The summed E-state index contributed by atoms with van der Waals surface area (Å²) < 4.78 is 10.4. The molecule has 1 saturated heterocycles. The average Bonchev–Trinajstić information content (AvgIpc) is 2.89. The Bertz CT molecular complexity index is 380. The summed E-state index contributed by atoms with van der Waals surface area (Å²) >= 11 is 0. The van der Waals surface area contributed by atoms with Gasteiger partial charge in [0.2, 0.25) is 0 Å². The van der Waals surface area contributed by atoms with E-state index in [-0.39, 0.29) is 0 Å². The molecule has 0 aromatic heterocycles. The van der Waals surface area contributed by atoms with Crippen molar-refractivity contribution in [1.82, 2.24) is 4.90 Å². The Hall–Kier alpha value is -1.10. The van der Waals surface area contributed by atoms with Gasteiger partial charge in [0.05, 0.1) is 13.7 Å². The highest BCUT2D eigenvalue weighted by atomic mass is 16.5. The zero-order chi connectivity index (χ0) is 13.7. The number of benzene rings is 1. The van der Waals surface area contributed by atoms with Crippen LogP contribution in [0.5, 0.6) is 5.75 Å². The van der Waals surface area contributed by atoms with Crippen molar-refractivity contribution in [3.8, 4) is 5.75 Å². The third-order valence-electron chi connectivity index (χ3n) is 3.88. The SMILES string of the molecule is COCC1CCN(C(CN)c2ccc(OC)cc2)C1. The van der Waals surface area contributed by atoms with Gasteiger partial charge in [-0.25, -0.2) is 0 Å². The Kier molecular flexibility index (Phi) is 5.19. The number of hydrogen-bond donors (Lipinski definition) is 1. The van der Waals surface area contributed by atoms with Crippen LogP contribution in [0.25, 0.3) is 0 Å². The number of rotatable bonds is 6. The molecule has 2 atom stereocenters. The van der Waals surface area contributed by atoms with Crippen LogP contribution in [-0.4, -0.2) is 45.4 Å². The van der Waals surface area contributed by atoms with Gasteiger partial charge >= 0.3 is 0 Å². The third-order valence-corrected chi connectivity index (χ3v) is 3.88. The number of ether oxygens (including phenoxy) is 2. The zero-order valence-electron chi connectivity index (χ0n) is 11.8. The molecule has 106 valence electrons. The predicted molar refractivity (Wildman–Crippen MR) is 76.3 cm³/mol. The molecule has 4 heteroatoms. The Balaban J connectivity index is 2.03. The van der Waals surface area contributed by atoms with E-state index in [1.165, 1.54) is 12.0 Å². The highest BCUT2D eigenvalue weighted by molar-refractivity contribution is 5.29. The molecule has 1 aliphatic heterocycles. The lowest BCUT2D eigenvalue weighted by Crippen LogP contribution is -2.32. The van der Waals surface area contributed by atoms with Gasteiger partial charge in [-0.3, -0.25) is 4.90 Å². The van der Waals surface area contributed by atoms with E-state index in [1.807, 2.05) is 12.1 Å². The van der Waals surface area contributed by atoms with Gasteiger partial charge in [0.25, 0.3) is 0 Å². The Morgan fingerprint density at radius 2 is 2.05 bits per heavy atom. The molecule has 0 radical (unpaired) electrons. The lowest BCUT2D eigenvalue weighted by atomic mass is 10.1. The molecule has 4 nitrogen and oxygen atoms in total. The summed E-state index contributed by atoms with van der Waals surface area (Å²) in [6.45, 7) is 3.66. The third kappa shape index (κ3) is 3.47. The summed E-state index contributed by atoms with van der Waals surface area (Å²) in [6.07, 6.45) is 1.19. The maximum absolute atomic E-state index is 5.97. The van der Waals surface area contributed by atoms with Crippen molar-refractivity contribution in [2.75, 3.05) is 40.5 Å². The van der Waals surface area contributed by atoms with Crippen LogP contribution in [0, 0.1) is 5.92 Å². The molecule has 19 heavy (non-hydrogen) atoms. The first kappa shape index (κ1) is 14.3. The minimum Gasteiger partial charge on any atom is -0.497 e. The quantitative estimate of drug-likeness (QED) is 0.849. The summed E-state index contributed by atoms with van der Waals surface area (Å²) in [5.41, 5.74) is 7.24. The second-order valence-electron chi connectivity index (χ2n) is 5.13. The molecule has 2 N–H and O–H groups in total. The fourth-order valence-corrected chi connectivity index (χ4v) is 2.84. The molecule has 1 heterocycles. The largest absolute Gasteiger partial charge is 0.497 e. The van der Waals surface area contributed by atoms with E-state index in [0.29, 0.717) is 18.5 Å². The summed E-state index contributed by atoms with van der Waals surface area (Å²) in [5.74, 6) is 1.52. The standard InChI is InChI=1S/C15H24N2O2/c1-18-11-12-7-8-17(10-12)15(9-16)13-3-5-14(19-2)6-4-13/h3-6,12,15H,7-11,16H2,1-2H3. The van der Waals surface area contributed by atoms with Crippen molar-refractivity contribution in [1.29, 1.82) is 0 Å². The van der Waals surface area contributed by atoms with E-state index in [0.717, 1.165) is 25.4 Å². The molecule has 0 spiro atoms. The van der Waals surface area contributed by atoms with E-state index in [4.69, 9.17) is 15.2 Å². The molecular weight excluding hydrogens is 240 g/mol. The molecular formula is C15H24N2O2. The van der Waals surface area contributed by atoms with E-state index in [1.54, 1.807) is 14.2 Å². The molecule has 0 amide bonds. The summed E-state index contributed by atoms with van der Waals surface area (Å²) in [7, 11) is 3.46. The molecule has 1 aromatic rings. The lowest BCUT2D eigenvalue weighted by Gasteiger charge is -2.27. The highest BCUT2D eigenvalue weighted by Crippen LogP contribution is 2.28. The van der Waals surface area contributed by atoms with E-state index in [9.17, 15) is 0 Å². The normalized spacial score (nSPS) is 21.5. The van der Waals surface area contributed by atoms with Crippen molar-refractivity contribution in [2.24, 2.45) is 11.7 Å². The van der Waals surface area contributed by atoms with E-state index in [2.05, 4.69) is 17.0 Å². The summed E-state index contributed by atoms with van der Waals surface area (Å²) in [5, 5.41) is 0. The average molecular weight is 264 g/mol. The molecule has 2 unspecified atom stereocenters. The molecule has 0 bridgehead atoms. The van der Waals surface area contributed by atoms with Crippen molar-refractivity contribution in [2.45, 2.75) is 12.5 Å². The fourth-order valence-electron chi connectivity index (χ4n) is 2.84. The van der Waals surface area contributed by atoms with Crippen LogP contribution in [0.2, 0.25) is 0 Å². The lowest BCUT2D eigenvalue weighted by molar-refractivity contribution is 0.147. The molecule has 2 rings (SSSR count). The minimum atomic E-state index is 0.299. The van der Waals surface area contributed by atoms with Crippen LogP contribution >= 0.6 is 0 Å². The second kappa shape index (κ2) is 6.89. The predicted octanol–water partition coefficient (Wildman–Crippen LogP) is 1.66. The molecule has 1 aliphatic rings. The van der Waals surface area contributed by atoms with Gasteiger partial charge in [-0.05, 0) is 36.6 Å². The zero-order valence-corrected chi connectivity index (χ0v) is 11.8. The topological polar surface area (TPSA) is 47.7 Å². The number of nitrogens with two attached hydrogens (primary N) is 1. The summed E-state index contributed by atoms with van der Waals surface area (Å²) in [4.78, 5) is 2.46. The first-order chi connectivity index (χ1) is 9.28. The van der Waals surface area contributed by atoms with Crippen LogP contribution in [0.3, 0.4) is 0 Å². The maximum atomic E-state index is 5.97. The number of methoxy groups -OCH3 is 2. The smallest absolute Gasteiger partial charge is 0.118 e. The molecule has 1 aromatic carbocycles. The van der Waals surface area contributed by atoms with Crippen LogP contribution in [0.15, 0.2) is 24.3 Å². The van der Waals surface area contributed by atoms with Crippen LogP contribution < -0.4 is 10.5 Å². The van der Waals surface area contributed by atoms with Crippen molar-refractivity contribution in [3.05, 3.63) is 29.8 Å².